The summed E-state index contributed by atoms with van der Waals surface area (Å²) < 4.78 is 16.3. The lowest BCUT2D eigenvalue weighted by atomic mass is 10.1. The summed E-state index contributed by atoms with van der Waals surface area (Å²) in [6.45, 7) is 9.46. The summed E-state index contributed by atoms with van der Waals surface area (Å²) in [5.74, 6) is -0.270. The molecule has 0 rings (SSSR count). The topological polar surface area (TPSA) is 85.4 Å². The lowest BCUT2D eigenvalue weighted by molar-refractivity contribution is -0.145. The molecule has 50 heavy (non-hydrogen) atoms. The van der Waals surface area contributed by atoms with Crippen molar-refractivity contribution < 1.29 is 28.6 Å². The lowest BCUT2D eigenvalue weighted by Crippen LogP contribution is -2.30. The molecule has 0 unspecified atom stereocenters. The van der Waals surface area contributed by atoms with E-state index in [1.54, 1.807) is 0 Å². The molecule has 0 aromatic rings. The van der Waals surface area contributed by atoms with E-state index >= 15 is 0 Å². The average molecular weight is 707 g/mol. The van der Waals surface area contributed by atoms with Gasteiger partial charge in [-0.2, -0.15) is 0 Å². The predicted octanol–water partition coefficient (Wildman–Crippen LogP) is 9.99. The second-order valence-electron chi connectivity index (χ2n) is 14.0. The Balaban J connectivity index is 4.16. The van der Waals surface area contributed by atoms with E-state index in [1.165, 1.54) is 38.5 Å². The molecule has 0 aromatic carbocycles. The molecule has 0 aliphatic carbocycles. The zero-order chi connectivity index (χ0) is 36.8. The fourth-order valence-electron chi connectivity index (χ4n) is 5.63. The van der Waals surface area contributed by atoms with Crippen molar-refractivity contribution in [1.82, 2.24) is 9.80 Å². The SMILES string of the molecule is CCCCC/C=C\CCOC(=O)CCCCCCCN(CCCCCCCC(=O)OCC/C=C\CCCCC)CCOC(=O)CCCN(C)C. The number of hydrogen-bond acceptors (Lipinski definition) is 8. The molecule has 0 spiro atoms. The molecule has 0 saturated carbocycles. The highest BCUT2D eigenvalue weighted by Gasteiger charge is 2.09. The van der Waals surface area contributed by atoms with Crippen molar-refractivity contribution in [3.05, 3.63) is 24.3 Å². The van der Waals surface area contributed by atoms with Gasteiger partial charge in [0.25, 0.3) is 0 Å². The quantitative estimate of drug-likeness (QED) is 0.0273. The number of allylic oxidation sites excluding steroid dienone is 2. The van der Waals surface area contributed by atoms with Crippen LogP contribution in [-0.4, -0.2) is 87.8 Å². The van der Waals surface area contributed by atoms with Gasteiger partial charge in [-0.1, -0.05) is 102 Å². The van der Waals surface area contributed by atoms with Crippen LogP contribution in [0.4, 0.5) is 0 Å². The average Bonchev–Trinajstić information content (AvgIpc) is 3.09. The van der Waals surface area contributed by atoms with Crippen molar-refractivity contribution >= 4 is 17.9 Å². The number of unbranched alkanes of at least 4 members (excludes halogenated alkanes) is 14. The van der Waals surface area contributed by atoms with E-state index in [-0.39, 0.29) is 17.9 Å². The first-order chi connectivity index (χ1) is 24.4. The molecule has 0 N–H and O–H groups in total. The van der Waals surface area contributed by atoms with Gasteiger partial charge in [0.1, 0.15) is 6.61 Å². The van der Waals surface area contributed by atoms with E-state index in [0.29, 0.717) is 39.1 Å². The monoisotopic (exact) mass is 707 g/mol. The Morgan fingerprint density at radius 3 is 1.28 bits per heavy atom. The van der Waals surface area contributed by atoms with Crippen molar-refractivity contribution in [1.29, 1.82) is 0 Å². The normalized spacial score (nSPS) is 11.7. The molecule has 0 heterocycles. The van der Waals surface area contributed by atoms with E-state index in [1.807, 2.05) is 14.1 Å². The first kappa shape index (κ1) is 47.8. The zero-order valence-electron chi connectivity index (χ0n) is 33.1. The smallest absolute Gasteiger partial charge is 0.305 e. The molecule has 8 nitrogen and oxygen atoms in total. The summed E-state index contributed by atoms with van der Waals surface area (Å²) in [5, 5.41) is 0. The Bertz CT molecular complexity index is 792. The van der Waals surface area contributed by atoms with Crippen LogP contribution in [0.2, 0.25) is 0 Å². The Morgan fingerprint density at radius 1 is 0.420 bits per heavy atom. The van der Waals surface area contributed by atoms with E-state index in [4.69, 9.17) is 14.2 Å². The molecular weight excluding hydrogens is 628 g/mol. The molecule has 0 radical (unpaired) electrons. The van der Waals surface area contributed by atoms with Crippen LogP contribution in [0.3, 0.4) is 0 Å². The number of hydrogen-bond donors (Lipinski definition) is 0. The number of esters is 3. The van der Waals surface area contributed by atoms with Gasteiger partial charge in [0.15, 0.2) is 0 Å². The Labute approximate surface area is 308 Å². The number of carbonyl (C=O) groups is 3. The molecular formula is C42H78N2O6. The maximum absolute atomic E-state index is 12.2. The third-order valence-electron chi connectivity index (χ3n) is 8.74. The van der Waals surface area contributed by atoms with Gasteiger partial charge in [-0.25, -0.2) is 0 Å². The van der Waals surface area contributed by atoms with E-state index in [0.717, 1.165) is 122 Å². The van der Waals surface area contributed by atoms with Gasteiger partial charge in [0, 0.05) is 25.8 Å². The second-order valence-corrected chi connectivity index (χ2v) is 14.0. The Hall–Kier alpha value is -2.19. The van der Waals surface area contributed by atoms with E-state index in [2.05, 4.69) is 48.0 Å². The molecule has 0 aliphatic heterocycles. The van der Waals surface area contributed by atoms with Crippen LogP contribution >= 0.6 is 0 Å². The van der Waals surface area contributed by atoms with Crippen LogP contribution in [0.1, 0.15) is 168 Å². The van der Waals surface area contributed by atoms with Crippen LogP contribution in [0, 0.1) is 0 Å². The van der Waals surface area contributed by atoms with Gasteiger partial charge in [0.2, 0.25) is 0 Å². The first-order valence-corrected chi connectivity index (χ1v) is 20.5. The van der Waals surface area contributed by atoms with Gasteiger partial charge in [-0.3, -0.25) is 19.3 Å². The first-order valence-electron chi connectivity index (χ1n) is 20.5. The molecule has 0 aromatic heterocycles. The molecule has 0 atom stereocenters. The van der Waals surface area contributed by atoms with Gasteiger partial charge < -0.3 is 19.1 Å². The van der Waals surface area contributed by atoms with Crippen molar-refractivity contribution in [2.75, 3.05) is 60.1 Å². The molecule has 0 aliphatic rings. The minimum absolute atomic E-state index is 0.0804. The highest BCUT2D eigenvalue weighted by Crippen LogP contribution is 2.11. The maximum Gasteiger partial charge on any atom is 0.305 e. The summed E-state index contributed by atoms with van der Waals surface area (Å²) in [6.07, 6.45) is 32.8. The minimum Gasteiger partial charge on any atom is -0.465 e. The number of rotatable bonds is 37. The summed E-state index contributed by atoms with van der Waals surface area (Å²) in [6, 6.07) is 0. The molecule has 0 fully saturated rings. The number of ether oxygens (including phenoxy) is 3. The van der Waals surface area contributed by atoms with Crippen LogP contribution in [0.5, 0.6) is 0 Å². The predicted molar refractivity (Wildman–Crippen MR) is 208 cm³/mol. The van der Waals surface area contributed by atoms with Crippen LogP contribution in [-0.2, 0) is 28.6 Å². The van der Waals surface area contributed by atoms with Gasteiger partial charge >= 0.3 is 17.9 Å². The molecule has 0 amide bonds. The van der Waals surface area contributed by atoms with Crippen molar-refractivity contribution in [2.24, 2.45) is 0 Å². The lowest BCUT2D eigenvalue weighted by Gasteiger charge is -2.22. The molecule has 0 bridgehead atoms. The molecule has 8 heteroatoms. The van der Waals surface area contributed by atoms with E-state index in [9.17, 15) is 14.4 Å². The maximum atomic E-state index is 12.2. The summed E-state index contributed by atoms with van der Waals surface area (Å²) >= 11 is 0. The van der Waals surface area contributed by atoms with Crippen LogP contribution in [0.25, 0.3) is 0 Å². The summed E-state index contributed by atoms with van der Waals surface area (Å²) in [7, 11) is 4.02. The Morgan fingerprint density at radius 2 is 0.820 bits per heavy atom. The van der Waals surface area contributed by atoms with Crippen LogP contribution < -0.4 is 0 Å². The standard InChI is InChI=1S/C42H78N2O6/c1-5-7-9-11-13-21-27-37-48-40(45)30-23-17-15-19-25-34-44(36-39-50-42(47)32-29-33-43(3)4)35-26-20-16-18-24-31-41(46)49-38-28-22-14-12-10-8-6-2/h13-14,21-22H,5-12,15-20,23-39H2,1-4H3/b21-13-,22-14-. The summed E-state index contributed by atoms with van der Waals surface area (Å²) in [5.41, 5.74) is 0. The molecule has 292 valence electrons. The largest absolute Gasteiger partial charge is 0.465 e. The number of nitrogens with zero attached hydrogens (tertiary/aromatic N) is 2. The van der Waals surface area contributed by atoms with Gasteiger partial charge in [-0.05, 0) is 104 Å². The van der Waals surface area contributed by atoms with Crippen molar-refractivity contribution in [3.63, 3.8) is 0 Å². The Kier molecular flexibility index (Phi) is 36.4. The van der Waals surface area contributed by atoms with Crippen molar-refractivity contribution in [2.45, 2.75) is 168 Å². The highest BCUT2D eigenvalue weighted by atomic mass is 16.5. The second kappa shape index (κ2) is 38.1. The fourth-order valence-corrected chi connectivity index (χ4v) is 5.63. The minimum atomic E-state index is -0.110. The third-order valence-corrected chi connectivity index (χ3v) is 8.74. The molecule has 0 saturated heterocycles. The zero-order valence-corrected chi connectivity index (χ0v) is 33.1. The van der Waals surface area contributed by atoms with Gasteiger partial charge in [0.05, 0.1) is 13.2 Å². The number of carbonyl (C=O) groups excluding carboxylic acids is 3. The van der Waals surface area contributed by atoms with Crippen LogP contribution in [0.15, 0.2) is 24.3 Å². The highest BCUT2D eigenvalue weighted by molar-refractivity contribution is 5.69. The third kappa shape index (κ3) is 37.1. The van der Waals surface area contributed by atoms with E-state index < -0.39 is 0 Å². The fraction of sp³-hybridized carbons (Fsp3) is 0.833. The van der Waals surface area contributed by atoms with Crippen molar-refractivity contribution in [3.8, 4) is 0 Å². The van der Waals surface area contributed by atoms with Gasteiger partial charge in [-0.15, -0.1) is 0 Å². The summed E-state index contributed by atoms with van der Waals surface area (Å²) in [4.78, 5) is 40.7.